The van der Waals surface area contributed by atoms with Crippen molar-refractivity contribution in [2.45, 2.75) is 58.4 Å². The first-order valence-electron chi connectivity index (χ1n) is 8.42. The Labute approximate surface area is 148 Å². The van der Waals surface area contributed by atoms with Crippen molar-refractivity contribution in [1.29, 1.82) is 0 Å². The van der Waals surface area contributed by atoms with E-state index < -0.39 is 17.9 Å². The van der Waals surface area contributed by atoms with Gasteiger partial charge in [-0.3, -0.25) is 4.68 Å². The summed E-state index contributed by atoms with van der Waals surface area (Å²) >= 11 is 0. The number of carbonyl (C=O) groups is 1. The molecule has 0 saturated carbocycles. The maximum absolute atomic E-state index is 13.0. The van der Waals surface area contributed by atoms with Gasteiger partial charge in [0.15, 0.2) is 5.69 Å². The number of aromatic nitrogens is 2. The van der Waals surface area contributed by atoms with Crippen LogP contribution in [0.3, 0.4) is 0 Å². The van der Waals surface area contributed by atoms with Crippen LogP contribution in [-0.4, -0.2) is 26.9 Å². The van der Waals surface area contributed by atoms with E-state index in [2.05, 4.69) is 10.4 Å². The Hall–Kier alpha value is -2.29. The van der Waals surface area contributed by atoms with Crippen LogP contribution >= 0.6 is 0 Å². The molecule has 9 heteroatoms. The number of halogens is 3. The van der Waals surface area contributed by atoms with Gasteiger partial charge in [0.2, 0.25) is 5.76 Å². The number of fused-ring (bicyclic) bond motifs is 1. The summed E-state index contributed by atoms with van der Waals surface area (Å²) in [4.78, 5) is 11.4. The van der Waals surface area contributed by atoms with E-state index in [4.69, 9.17) is 4.42 Å². The zero-order chi connectivity index (χ0) is 19.1. The fourth-order valence-corrected chi connectivity index (χ4v) is 3.49. The third-order valence-corrected chi connectivity index (χ3v) is 4.62. The number of hydrogen-bond acceptors (Lipinski definition) is 4. The summed E-state index contributed by atoms with van der Waals surface area (Å²) in [7, 11) is 0. The Morgan fingerprint density at radius 2 is 2.23 bits per heavy atom. The van der Waals surface area contributed by atoms with Crippen molar-refractivity contribution in [3.63, 3.8) is 0 Å². The minimum absolute atomic E-state index is 0.0104. The Morgan fingerprint density at radius 3 is 2.85 bits per heavy atom. The Morgan fingerprint density at radius 1 is 1.50 bits per heavy atom. The molecule has 1 aliphatic rings. The van der Waals surface area contributed by atoms with Crippen LogP contribution < -0.4 is 5.32 Å². The quantitative estimate of drug-likeness (QED) is 0.844. The van der Waals surface area contributed by atoms with Crippen LogP contribution in [-0.2, 0) is 32.1 Å². The van der Waals surface area contributed by atoms with Gasteiger partial charge in [0.1, 0.15) is 5.76 Å². The lowest BCUT2D eigenvalue weighted by Crippen LogP contribution is -2.35. The fraction of sp³-hybridized carbons (Fsp3) is 0.529. The molecule has 2 aromatic rings. The summed E-state index contributed by atoms with van der Waals surface area (Å²) in [6.45, 7) is 3.96. The molecule has 1 unspecified atom stereocenters. The Kier molecular flexibility index (Phi) is 4.83. The van der Waals surface area contributed by atoms with E-state index in [-0.39, 0.29) is 29.6 Å². The van der Waals surface area contributed by atoms with Gasteiger partial charge in [0.25, 0.3) is 0 Å². The molecule has 3 rings (SSSR count). The van der Waals surface area contributed by atoms with Crippen LogP contribution in [0.4, 0.5) is 13.2 Å². The molecular weight excluding hydrogens is 351 g/mol. The number of alkyl halides is 3. The Bertz CT molecular complexity index is 823. The molecule has 2 aromatic heterocycles. The zero-order valence-electron chi connectivity index (χ0n) is 14.5. The smallest absolute Gasteiger partial charge is 0.449 e. The number of aryl methyl sites for hydroxylation is 2. The molecule has 0 fully saturated rings. The minimum atomic E-state index is -4.54. The molecular formula is C17H20F3N3O3. The molecule has 0 amide bonds. The van der Waals surface area contributed by atoms with Gasteiger partial charge in [-0.1, -0.05) is 0 Å². The highest BCUT2D eigenvalue weighted by Crippen LogP contribution is 2.34. The highest BCUT2D eigenvalue weighted by atomic mass is 19.4. The van der Waals surface area contributed by atoms with Crippen molar-refractivity contribution in [3.05, 3.63) is 40.1 Å². The summed E-state index contributed by atoms with van der Waals surface area (Å²) in [6, 6.07) is 1.26. The van der Waals surface area contributed by atoms with E-state index in [1.165, 1.54) is 13.0 Å². The topological polar surface area (TPSA) is 80.3 Å². The third kappa shape index (κ3) is 3.48. The number of furan rings is 1. The second-order valence-electron chi connectivity index (χ2n) is 6.42. The average Bonchev–Trinajstić information content (AvgIpc) is 3.12. The standard InChI is InChI=1S/C17H20F3N3O3/c1-3-23-13-5-4-11(7-12(13)14(22-23)16(24)25)21-8-10-6-9(2)26-15(10)17(18,19)20/h6,11,21H,3-5,7-8H2,1-2H3,(H,24,25). The second kappa shape index (κ2) is 6.79. The van der Waals surface area contributed by atoms with Gasteiger partial charge in [0, 0.05) is 36.0 Å². The van der Waals surface area contributed by atoms with E-state index >= 15 is 0 Å². The minimum Gasteiger partial charge on any atom is -0.476 e. The van der Waals surface area contributed by atoms with Crippen LogP contribution in [0.2, 0.25) is 0 Å². The molecule has 2 N–H and O–H groups in total. The number of nitrogens with one attached hydrogen (secondary N) is 1. The van der Waals surface area contributed by atoms with E-state index in [1.54, 1.807) is 4.68 Å². The van der Waals surface area contributed by atoms with Crippen LogP contribution in [0.25, 0.3) is 0 Å². The van der Waals surface area contributed by atoms with E-state index in [0.717, 1.165) is 5.69 Å². The van der Waals surface area contributed by atoms with Crippen molar-refractivity contribution < 1.29 is 27.5 Å². The molecule has 1 aliphatic carbocycles. The van der Waals surface area contributed by atoms with Crippen molar-refractivity contribution in [1.82, 2.24) is 15.1 Å². The number of nitrogens with zero attached hydrogens (tertiary/aromatic N) is 2. The van der Waals surface area contributed by atoms with Crippen LogP contribution in [0.15, 0.2) is 10.5 Å². The van der Waals surface area contributed by atoms with Gasteiger partial charge >= 0.3 is 12.1 Å². The number of aromatic carboxylic acids is 1. The maximum Gasteiger partial charge on any atom is 0.449 e. The fourth-order valence-electron chi connectivity index (χ4n) is 3.49. The van der Waals surface area contributed by atoms with Crippen molar-refractivity contribution in [3.8, 4) is 0 Å². The van der Waals surface area contributed by atoms with Crippen LogP contribution in [0, 0.1) is 6.92 Å². The molecule has 0 radical (unpaired) electrons. The summed E-state index contributed by atoms with van der Waals surface area (Å²) in [5.41, 5.74) is 1.66. The molecule has 0 saturated heterocycles. The number of hydrogen-bond donors (Lipinski definition) is 2. The van der Waals surface area contributed by atoms with Crippen molar-refractivity contribution in [2.24, 2.45) is 0 Å². The van der Waals surface area contributed by atoms with E-state index in [1.807, 2.05) is 6.92 Å². The Balaban J connectivity index is 1.75. The third-order valence-electron chi connectivity index (χ3n) is 4.62. The van der Waals surface area contributed by atoms with Crippen LogP contribution in [0.5, 0.6) is 0 Å². The largest absolute Gasteiger partial charge is 0.476 e. The summed E-state index contributed by atoms with van der Waals surface area (Å²) in [5, 5.41) is 16.6. The summed E-state index contributed by atoms with van der Waals surface area (Å²) in [6.07, 6.45) is -2.77. The van der Waals surface area contributed by atoms with E-state index in [0.29, 0.717) is 31.4 Å². The first-order chi connectivity index (χ1) is 12.2. The molecule has 2 heterocycles. The highest BCUT2D eigenvalue weighted by molar-refractivity contribution is 5.87. The SMILES string of the molecule is CCn1nc(C(=O)O)c2c1CCC(NCc1cc(C)oc1C(F)(F)F)C2. The van der Waals surface area contributed by atoms with Crippen LogP contribution in [0.1, 0.15) is 52.2 Å². The molecule has 0 aromatic carbocycles. The van der Waals surface area contributed by atoms with Gasteiger partial charge in [-0.05, 0) is 39.2 Å². The van der Waals surface area contributed by atoms with Gasteiger partial charge < -0.3 is 14.8 Å². The predicted molar refractivity (Wildman–Crippen MR) is 86.0 cm³/mol. The molecule has 142 valence electrons. The number of carboxylic acids is 1. The molecule has 0 bridgehead atoms. The van der Waals surface area contributed by atoms with Gasteiger partial charge in [-0.25, -0.2) is 4.79 Å². The molecule has 0 spiro atoms. The van der Waals surface area contributed by atoms with Crippen molar-refractivity contribution >= 4 is 5.97 Å². The normalized spacial score (nSPS) is 17.3. The number of carboxylic acid groups (broad SMARTS) is 1. The van der Waals surface area contributed by atoms with Gasteiger partial charge in [-0.2, -0.15) is 18.3 Å². The van der Waals surface area contributed by atoms with Gasteiger partial charge in [0.05, 0.1) is 0 Å². The first kappa shape index (κ1) is 18.5. The van der Waals surface area contributed by atoms with Gasteiger partial charge in [-0.15, -0.1) is 0 Å². The second-order valence-corrected chi connectivity index (χ2v) is 6.42. The maximum atomic E-state index is 13.0. The first-order valence-corrected chi connectivity index (χ1v) is 8.42. The molecule has 0 aliphatic heterocycles. The molecule has 6 nitrogen and oxygen atoms in total. The highest BCUT2D eigenvalue weighted by Gasteiger charge is 2.38. The zero-order valence-corrected chi connectivity index (χ0v) is 14.5. The predicted octanol–water partition coefficient (Wildman–Crippen LogP) is 3.17. The monoisotopic (exact) mass is 371 g/mol. The summed E-state index contributed by atoms with van der Waals surface area (Å²) < 4.78 is 45.5. The van der Waals surface area contributed by atoms with E-state index in [9.17, 15) is 23.1 Å². The van der Waals surface area contributed by atoms with Crippen molar-refractivity contribution in [2.75, 3.05) is 0 Å². The lowest BCUT2D eigenvalue weighted by molar-refractivity contribution is -0.154. The lowest BCUT2D eigenvalue weighted by atomic mass is 9.91. The average molecular weight is 371 g/mol. The summed E-state index contributed by atoms with van der Waals surface area (Å²) in [5.74, 6) is -1.86. The lowest BCUT2D eigenvalue weighted by Gasteiger charge is -2.24. The molecule has 1 atom stereocenters. The molecule has 26 heavy (non-hydrogen) atoms. The number of rotatable bonds is 5.